The second-order valence-corrected chi connectivity index (χ2v) is 5.92. The molecular weight excluding hydrogens is 304 g/mol. The van der Waals surface area contributed by atoms with Gasteiger partial charge in [-0.2, -0.15) is 0 Å². The number of hydrogen-bond acceptors (Lipinski definition) is 4. The Balaban J connectivity index is 0.00000256. The summed E-state index contributed by atoms with van der Waals surface area (Å²) in [6, 6.07) is 0. The average molecular weight is 323 g/mol. The highest BCUT2D eigenvalue weighted by Gasteiger charge is 2.17. The number of nitrogens with zero attached hydrogens (tertiary/aromatic N) is 1. The molecule has 1 heterocycles. The second-order valence-electron chi connectivity index (χ2n) is 4.72. The van der Waals surface area contributed by atoms with Gasteiger partial charge >= 0.3 is 5.97 Å². The number of ether oxygens (including phenoxy) is 1. The molecule has 0 spiro atoms. The van der Waals surface area contributed by atoms with E-state index in [0.717, 1.165) is 10.6 Å². The Morgan fingerprint density at radius 1 is 1.41 bits per heavy atom. The summed E-state index contributed by atoms with van der Waals surface area (Å²) in [7, 11) is 0. The second kappa shape index (κ2) is 5.82. The number of aryl methyl sites for hydroxylation is 1. The zero-order valence-electron chi connectivity index (χ0n) is 10.8. The minimum absolute atomic E-state index is 0. The van der Waals surface area contributed by atoms with Crippen LogP contribution in [0, 0.1) is 19.3 Å². The van der Waals surface area contributed by atoms with Crippen molar-refractivity contribution in [2.24, 2.45) is 0 Å². The van der Waals surface area contributed by atoms with E-state index in [4.69, 9.17) is 10.1 Å². The summed E-state index contributed by atoms with van der Waals surface area (Å²) in [6.45, 7) is 9.48. The van der Waals surface area contributed by atoms with Gasteiger partial charge in [-0.15, -0.1) is 28.3 Å². The lowest BCUT2D eigenvalue weighted by Crippen LogP contribution is -2.29. The first kappa shape index (κ1) is 16.4. The van der Waals surface area contributed by atoms with E-state index in [0.29, 0.717) is 4.80 Å². The zero-order chi connectivity index (χ0) is 12.5. The molecule has 0 bridgehead atoms. The van der Waals surface area contributed by atoms with Gasteiger partial charge in [-0.05, 0) is 34.6 Å². The molecule has 1 N–H and O–H groups in total. The van der Waals surface area contributed by atoms with Gasteiger partial charge in [0.2, 0.25) is 0 Å². The molecule has 0 saturated heterocycles. The highest BCUT2D eigenvalue weighted by atomic mass is 79.9. The van der Waals surface area contributed by atoms with E-state index in [-0.39, 0.29) is 29.5 Å². The third-order valence-corrected chi connectivity index (χ3v) is 3.13. The lowest BCUT2D eigenvalue weighted by molar-refractivity contribution is -0.155. The van der Waals surface area contributed by atoms with Crippen molar-refractivity contribution >= 4 is 34.3 Å². The molecule has 1 aromatic heterocycles. The highest BCUT2D eigenvalue weighted by molar-refractivity contribution is 8.93. The van der Waals surface area contributed by atoms with Crippen LogP contribution >= 0.6 is 28.3 Å². The SMILES string of the molecule is Br.Cc1sc(=N)n(CC(=O)OC(C)(C)C)c1C. The number of hydrogen-bond donors (Lipinski definition) is 1. The van der Waals surface area contributed by atoms with Crippen molar-refractivity contribution in [1.82, 2.24) is 4.57 Å². The topological polar surface area (TPSA) is 55.1 Å². The van der Waals surface area contributed by atoms with Crippen LogP contribution in [0.4, 0.5) is 0 Å². The summed E-state index contributed by atoms with van der Waals surface area (Å²) in [5.41, 5.74) is 0.486. The molecular formula is C11H19BrN2O2S. The number of thiazole rings is 1. The molecule has 0 aromatic carbocycles. The van der Waals surface area contributed by atoms with Gasteiger partial charge in [-0.3, -0.25) is 10.2 Å². The summed E-state index contributed by atoms with van der Waals surface area (Å²) < 4.78 is 6.90. The summed E-state index contributed by atoms with van der Waals surface area (Å²) in [5, 5.41) is 7.73. The van der Waals surface area contributed by atoms with Crippen molar-refractivity contribution in [3.05, 3.63) is 15.4 Å². The fraction of sp³-hybridized carbons (Fsp3) is 0.636. The number of rotatable bonds is 2. The number of carbonyl (C=O) groups excluding carboxylic acids is 1. The van der Waals surface area contributed by atoms with E-state index in [1.54, 1.807) is 4.57 Å². The molecule has 4 nitrogen and oxygen atoms in total. The molecule has 1 aromatic rings. The van der Waals surface area contributed by atoms with Gasteiger partial charge in [0.15, 0.2) is 4.80 Å². The molecule has 0 aliphatic heterocycles. The van der Waals surface area contributed by atoms with E-state index in [1.165, 1.54) is 11.3 Å². The lowest BCUT2D eigenvalue weighted by Gasteiger charge is -2.19. The fourth-order valence-corrected chi connectivity index (χ4v) is 2.17. The van der Waals surface area contributed by atoms with Crippen LogP contribution in [0.5, 0.6) is 0 Å². The third-order valence-electron chi connectivity index (χ3n) is 2.12. The van der Waals surface area contributed by atoms with E-state index in [2.05, 4.69) is 0 Å². The van der Waals surface area contributed by atoms with Crippen LogP contribution in [0.25, 0.3) is 0 Å². The normalized spacial score (nSPS) is 10.9. The van der Waals surface area contributed by atoms with Gasteiger partial charge in [-0.25, -0.2) is 0 Å². The maximum Gasteiger partial charge on any atom is 0.326 e. The van der Waals surface area contributed by atoms with Gasteiger partial charge in [0.1, 0.15) is 12.1 Å². The maximum absolute atomic E-state index is 11.6. The van der Waals surface area contributed by atoms with Crippen LogP contribution in [0.15, 0.2) is 0 Å². The Morgan fingerprint density at radius 2 is 1.94 bits per heavy atom. The molecule has 0 atom stereocenters. The van der Waals surface area contributed by atoms with Crippen molar-refractivity contribution in [2.45, 2.75) is 46.8 Å². The zero-order valence-corrected chi connectivity index (χ0v) is 13.3. The molecule has 0 radical (unpaired) electrons. The quantitative estimate of drug-likeness (QED) is 0.851. The summed E-state index contributed by atoms with van der Waals surface area (Å²) in [5.74, 6) is -0.299. The monoisotopic (exact) mass is 322 g/mol. The average Bonchev–Trinajstić information content (AvgIpc) is 2.29. The van der Waals surface area contributed by atoms with Crippen LogP contribution in [-0.4, -0.2) is 16.1 Å². The van der Waals surface area contributed by atoms with Gasteiger partial charge in [0.05, 0.1) is 0 Å². The third kappa shape index (κ3) is 4.63. The smallest absolute Gasteiger partial charge is 0.326 e. The first-order chi connectivity index (χ1) is 7.20. The van der Waals surface area contributed by atoms with Crippen LogP contribution in [-0.2, 0) is 16.1 Å². The first-order valence-corrected chi connectivity index (χ1v) is 5.95. The van der Waals surface area contributed by atoms with E-state index >= 15 is 0 Å². The molecule has 6 heteroatoms. The molecule has 1 rings (SSSR count). The van der Waals surface area contributed by atoms with Crippen molar-refractivity contribution in [2.75, 3.05) is 0 Å². The highest BCUT2D eigenvalue weighted by Crippen LogP contribution is 2.11. The van der Waals surface area contributed by atoms with Crippen LogP contribution in [0.1, 0.15) is 31.3 Å². The Hall–Kier alpha value is -0.620. The lowest BCUT2D eigenvalue weighted by atomic mass is 10.2. The molecule has 0 unspecified atom stereocenters. The minimum atomic E-state index is -0.473. The Labute approximate surface area is 116 Å². The Morgan fingerprint density at radius 3 is 2.29 bits per heavy atom. The van der Waals surface area contributed by atoms with Gasteiger partial charge in [-0.1, -0.05) is 0 Å². The van der Waals surface area contributed by atoms with Crippen LogP contribution in [0.3, 0.4) is 0 Å². The van der Waals surface area contributed by atoms with Crippen LogP contribution in [0.2, 0.25) is 0 Å². The molecule has 98 valence electrons. The van der Waals surface area contributed by atoms with Gasteiger partial charge < -0.3 is 9.30 Å². The maximum atomic E-state index is 11.6. The van der Waals surface area contributed by atoms with Crippen molar-refractivity contribution in [3.63, 3.8) is 0 Å². The number of esters is 1. The molecule has 0 aliphatic rings. The predicted octanol–water partition coefficient (Wildman–Crippen LogP) is 2.57. The van der Waals surface area contributed by atoms with E-state index < -0.39 is 5.60 Å². The predicted molar refractivity (Wildman–Crippen MR) is 73.8 cm³/mol. The minimum Gasteiger partial charge on any atom is -0.459 e. The Kier molecular flexibility index (Phi) is 5.61. The van der Waals surface area contributed by atoms with Crippen molar-refractivity contribution in [3.8, 4) is 0 Å². The van der Waals surface area contributed by atoms with Crippen molar-refractivity contribution < 1.29 is 9.53 Å². The van der Waals surface area contributed by atoms with Gasteiger partial charge in [0, 0.05) is 10.6 Å². The molecule has 17 heavy (non-hydrogen) atoms. The first-order valence-electron chi connectivity index (χ1n) is 5.14. The summed E-state index contributed by atoms with van der Waals surface area (Å²) in [6.07, 6.45) is 0. The largest absolute Gasteiger partial charge is 0.459 e. The number of halogens is 1. The van der Waals surface area contributed by atoms with Crippen LogP contribution < -0.4 is 4.80 Å². The summed E-state index contributed by atoms with van der Waals surface area (Å²) >= 11 is 1.38. The number of nitrogens with one attached hydrogen (secondary N) is 1. The fourth-order valence-electron chi connectivity index (χ4n) is 1.31. The molecule has 0 saturated carbocycles. The number of aromatic nitrogens is 1. The molecule has 0 fully saturated rings. The molecule has 0 aliphatic carbocycles. The van der Waals surface area contributed by atoms with E-state index in [9.17, 15) is 4.79 Å². The summed E-state index contributed by atoms with van der Waals surface area (Å²) in [4.78, 5) is 13.1. The molecule has 0 amide bonds. The van der Waals surface area contributed by atoms with E-state index in [1.807, 2.05) is 34.6 Å². The Bertz CT molecular complexity index is 457. The standard InChI is InChI=1S/C11H18N2O2S.BrH/c1-7-8(2)16-10(12)13(7)6-9(14)15-11(3,4)5;/h12H,6H2,1-5H3;1H. The van der Waals surface area contributed by atoms with Gasteiger partial charge in [0.25, 0.3) is 0 Å². The van der Waals surface area contributed by atoms with Crippen molar-refractivity contribution in [1.29, 1.82) is 5.41 Å². The number of carbonyl (C=O) groups is 1.